The van der Waals surface area contributed by atoms with Gasteiger partial charge in [-0.3, -0.25) is 0 Å². The first-order valence-electron chi connectivity index (χ1n) is 13.0. The maximum absolute atomic E-state index is 13.9. The Morgan fingerprint density at radius 1 is 0.914 bits per heavy atom. The van der Waals surface area contributed by atoms with E-state index in [1.54, 1.807) is 12.1 Å². The van der Waals surface area contributed by atoms with Crippen molar-refractivity contribution in [1.82, 2.24) is 9.97 Å². The van der Waals surface area contributed by atoms with E-state index in [0.717, 1.165) is 84.5 Å². The van der Waals surface area contributed by atoms with E-state index >= 15 is 0 Å². The molecule has 5 nitrogen and oxygen atoms in total. The standard InChI is InChI=1S/C27H44FN3O2PS/c1-8-11-18-34(19-12-9-2,20-13-10-3)26-24(21(4)5)29-27(31(6)35(7,32)33)30-25(26)22-14-16-23(28)17-15-22/h14-17,21H,8-13,18-20H2,1-7H3/q+1. The van der Waals surface area contributed by atoms with Crippen LogP contribution in [0.3, 0.4) is 0 Å². The summed E-state index contributed by atoms with van der Waals surface area (Å²) in [5.74, 6) is -0.0204. The number of aromatic nitrogens is 2. The van der Waals surface area contributed by atoms with E-state index in [1.165, 1.54) is 24.5 Å². The van der Waals surface area contributed by atoms with Crippen LogP contribution < -0.4 is 9.61 Å². The van der Waals surface area contributed by atoms with Gasteiger partial charge in [-0.15, -0.1) is 0 Å². The summed E-state index contributed by atoms with van der Waals surface area (Å²) >= 11 is 0. The lowest BCUT2D eigenvalue weighted by molar-refractivity contribution is 0.599. The Labute approximate surface area is 213 Å². The minimum absolute atomic E-state index is 0.100. The van der Waals surface area contributed by atoms with Gasteiger partial charge in [-0.2, -0.15) is 0 Å². The van der Waals surface area contributed by atoms with Crippen LogP contribution in [-0.2, 0) is 10.0 Å². The Hall–Kier alpha value is -1.59. The predicted octanol–water partition coefficient (Wildman–Crippen LogP) is 6.85. The molecule has 0 saturated heterocycles. The molecule has 0 aliphatic heterocycles. The van der Waals surface area contributed by atoms with Crippen molar-refractivity contribution in [2.75, 3.05) is 36.1 Å². The molecule has 1 aromatic carbocycles. The monoisotopic (exact) mass is 524 g/mol. The SMILES string of the molecule is CCCC[P+](CCCC)(CCCC)c1c(-c2ccc(F)cc2)nc(N(C)S(C)(=O)=O)nc1C(C)C. The minimum Gasteiger partial charge on any atom is -0.241 e. The zero-order valence-corrected chi connectivity index (χ0v) is 24.4. The van der Waals surface area contributed by atoms with Gasteiger partial charge in [0.1, 0.15) is 16.8 Å². The van der Waals surface area contributed by atoms with Gasteiger partial charge in [0, 0.05) is 12.6 Å². The van der Waals surface area contributed by atoms with Crippen molar-refractivity contribution in [2.45, 2.75) is 79.1 Å². The molecular weight excluding hydrogens is 480 g/mol. The van der Waals surface area contributed by atoms with Gasteiger partial charge in [0.25, 0.3) is 0 Å². The summed E-state index contributed by atoms with van der Waals surface area (Å²) < 4.78 is 39.9. The maximum Gasteiger partial charge on any atom is 0.240 e. The van der Waals surface area contributed by atoms with Crippen LogP contribution in [0.25, 0.3) is 11.3 Å². The van der Waals surface area contributed by atoms with E-state index in [2.05, 4.69) is 34.6 Å². The van der Waals surface area contributed by atoms with E-state index in [4.69, 9.17) is 9.97 Å². The first-order chi connectivity index (χ1) is 16.5. The van der Waals surface area contributed by atoms with Crippen molar-refractivity contribution in [3.8, 4) is 11.3 Å². The molecule has 2 aromatic rings. The van der Waals surface area contributed by atoms with Crippen molar-refractivity contribution < 1.29 is 12.8 Å². The number of nitrogens with zero attached hydrogens (tertiary/aromatic N) is 3. The highest BCUT2D eigenvalue weighted by Crippen LogP contribution is 2.62. The molecule has 0 fully saturated rings. The molecule has 1 aromatic heterocycles. The van der Waals surface area contributed by atoms with Crippen LogP contribution in [-0.4, -0.2) is 50.2 Å². The maximum atomic E-state index is 13.9. The number of hydrogen-bond acceptors (Lipinski definition) is 4. The molecule has 0 saturated carbocycles. The average molecular weight is 525 g/mol. The summed E-state index contributed by atoms with van der Waals surface area (Å²) in [5.41, 5.74) is 2.55. The molecule has 8 heteroatoms. The summed E-state index contributed by atoms with van der Waals surface area (Å²) in [5, 5.41) is 1.24. The number of halogens is 1. The third kappa shape index (κ3) is 7.45. The topological polar surface area (TPSA) is 63.2 Å². The van der Waals surface area contributed by atoms with E-state index < -0.39 is 17.3 Å². The summed E-state index contributed by atoms with van der Waals surface area (Å²) in [6, 6.07) is 6.45. The van der Waals surface area contributed by atoms with Gasteiger partial charge in [-0.05, 0) is 49.4 Å². The van der Waals surface area contributed by atoms with Crippen LogP contribution in [0.5, 0.6) is 0 Å². The molecule has 0 aliphatic carbocycles. The molecule has 0 radical (unpaired) electrons. The lowest BCUT2D eigenvalue weighted by atomic mass is 10.1. The minimum atomic E-state index is -3.54. The normalized spacial score (nSPS) is 12.4. The number of benzene rings is 1. The first kappa shape index (κ1) is 29.6. The van der Waals surface area contributed by atoms with Crippen molar-refractivity contribution in [2.24, 2.45) is 0 Å². The molecule has 0 bridgehead atoms. The zero-order valence-electron chi connectivity index (χ0n) is 22.6. The molecule has 0 spiro atoms. The van der Waals surface area contributed by atoms with E-state index in [9.17, 15) is 12.8 Å². The fourth-order valence-electron chi connectivity index (χ4n) is 4.48. The van der Waals surface area contributed by atoms with E-state index in [1.807, 2.05) is 0 Å². The van der Waals surface area contributed by atoms with Crippen molar-refractivity contribution >= 4 is 28.5 Å². The second-order valence-corrected chi connectivity index (χ2v) is 16.0. The van der Waals surface area contributed by atoms with E-state index in [-0.39, 0.29) is 17.7 Å². The third-order valence-electron chi connectivity index (χ3n) is 6.64. The predicted molar refractivity (Wildman–Crippen MR) is 151 cm³/mol. The largest absolute Gasteiger partial charge is 0.241 e. The fourth-order valence-corrected chi connectivity index (χ4v) is 10.4. The lowest BCUT2D eigenvalue weighted by Crippen LogP contribution is -2.33. The molecule has 35 heavy (non-hydrogen) atoms. The van der Waals surface area contributed by atoms with Crippen molar-refractivity contribution in [3.63, 3.8) is 0 Å². The molecule has 0 unspecified atom stereocenters. The second-order valence-electron chi connectivity index (χ2n) is 9.87. The fraction of sp³-hybridized carbons (Fsp3) is 0.630. The van der Waals surface area contributed by atoms with Crippen molar-refractivity contribution in [3.05, 3.63) is 35.8 Å². The quantitative estimate of drug-likeness (QED) is 0.254. The number of unbranched alkanes of at least 4 members (excludes halogenated alkanes) is 3. The van der Waals surface area contributed by atoms with Crippen LogP contribution in [0.15, 0.2) is 24.3 Å². The van der Waals surface area contributed by atoms with Gasteiger partial charge >= 0.3 is 0 Å². The smallest absolute Gasteiger partial charge is 0.240 e. The number of anilines is 1. The first-order valence-corrected chi connectivity index (χ1v) is 17.2. The van der Waals surface area contributed by atoms with E-state index in [0.29, 0.717) is 0 Å². The van der Waals surface area contributed by atoms with Gasteiger partial charge in [0.2, 0.25) is 16.0 Å². The molecule has 0 amide bonds. The van der Waals surface area contributed by atoms with Gasteiger partial charge in [0.05, 0.1) is 37.7 Å². The Kier molecular flexibility index (Phi) is 11.1. The summed E-state index contributed by atoms with van der Waals surface area (Å²) in [7, 11) is -3.72. The van der Waals surface area contributed by atoms with Gasteiger partial charge in [0.15, 0.2) is 0 Å². The van der Waals surface area contributed by atoms with Crippen LogP contribution in [0.4, 0.5) is 10.3 Å². The van der Waals surface area contributed by atoms with Crippen LogP contribution in [0.2, 0.25) is 0 Å². The molecule has 196 valence electrons. The molecule has 2 rings (SSSR count). The molecule has 0 aliphatic rings. The second kappa shape index (κ2) is 13.1. The Balaban J connectivity index is 2.99. The zero-order chi connectivity index (χ0) is 26.2. The molecule has 0 N–H and O–H groups in total. The third-order valence-corrected chi connectivity index (χ3v) is 12.7. The highest BCUT2D eigenvalue weighted by molar-refractivity contribution is 7.92. The molecule has 0 atom stereocenters. The molecular formula is C27H44FN3O2PS+. The lowest BCUT2D eigenvalue weighted by Gasteiger charge is -2.32. The highest BCUT2D eigenvalue weighted by Gasteiger charge is 2.44. The number of sulfonamides is 1. The summed E-state index contributed by atoms with van der Waals surface area (Å²) in [6.45, 7) is 11.0. The average Bonchev–Trinajstić information content (AvgIpc) is 2.82. The van der Waals surface area contributed by atoms with Crippen molar-refractivity contribution in [1.29, 1.82) is 0 Å². The Morgan fingerprint density at radius 3 is 1.80 bits per heavy atom. The van der Waals surface area contributed by atoms with Gasteiger partial charge < -0.3 is 0 Å². The van der Waals surface area contributed by atoms with Crippen LogP contribution in [0, 0.1) is 5.82 Å². The summed E-state index contributed by atoms with van der Waals surface area (Å²) in [4.78, 5) is 9.84. The number of hydrogen-bond donors (Lipinski definition) is 0. The van der Waals surface area contributed by atoms with Crippen LogP contribution >= 0.6 is 7.26 Å². The number of rotatable bonds is 14. The Bertz CT molecular complexity index is 1040. The van der Waals surface area contributed by atoms with Gasteiger partial charge in [-0.25, -0.2) is 27.1 Å². The van der Waals surface area contributed by atoms with Gasteiger partial charge in [-0.1, -0.05) is 53.9 Å². The highest BCUT2D eigenvalue weighted by atomic mass is 32.2. The van der Waals surface area contributed by atoms with Crippen LogP contribution in [0.1, 0.15) is 84.8 Å². The molecule has 1 heterocycles. The summed E-state index contributed by atoms with van der Waals surface area (Å²) in [6.07, 6.45) is 11.4. The Morgan fingerprint density at radius 2 is 1.40 bits per heavy atom.